The maximum Gasteiger partial charge on any atom is 0.244 e. The van der Waals surface area contributed by atoms with Gasteiger partial charge in [0.1, 0.15) is 16.4 Å². The lowest BCUT2D eigenvalue weighted by Gasteiger charge is -2.13. The number of rotatable bonds is 6. The Bertz CT molecular complexity index is 1420. The Hall–Kier alpha value is -3.44. The summed E-state index contributed by atoms with van der Waals surface area (Å²) in [5.74, 6) is 0.368. The summed E-state index contributed by atoms with van der Waals surface area (Å²) in [4.78, 5) is 4.46. The Morgan fingerprint density at radius 2 is 1.74 bits per heavy atom. The predicted molar refractivity (Wildman–Crippen MR) is 118 cm³/mol. The molecule has 0 saturated heterocycles. The quantitative estimate of drug-likeness (QED) is 0.445. The lowest BCUT2D eigenvalue weighted by atomic mass is 10.2. The van der Waals surface area contributed by atoms with Crippen molar-refractivity contribution in [2.24, 2.45) is 0 Å². The Kier molecular flexibility index (Phi) is 5.87. The van der Waals surface area contributed by atoms with Gasteiger partial charge in [-0.3, -0.25) is 4.98 Å². The molecule has 0 unspecified atom stereocenters. The fourth-order valence-corrected chi connectivity index (χ4v) is 4.33. The number of nitrogens with zero attached hydrogens (tertiary/aromatic N) is 2. The van der Waals surface area contributed by atoms with E-state index in [2.05, 4.69) is 9.71 Å². The molecule has 0 aliphatic rings. The van der Waals surface area contributed by atoms with Gasteiger partial charge in [0.15, 0.2) is 0 Å². The van der Waals surface area contributed by atoms with Gasteiger partial charge >= 0.3 is 0 Å². The second-order valence-corrected chi connectivity index (χ2v) is 8.77. The Morgan fingerprint density at radius 3 is 2.55 bits per heavy atom. The number of sulfonamides is 1. The molecule has 0 radical (unpaired) electrons. The molecule has 6 nitrogen and oxygen atoms in total. The van der Waals surface area contributed by atoms with E-state index in [1.165, 1.54) is 24.3 Å². The summed E-state index contributed by atoms with van der Waals surface area (Å²) in [6, 6.07) is 24.1. The molecule has 4 aromatic rings. The highest BCUT2D eigenvalue weighted by Crippen LogP contribution is 2.33. The third-order valence-electron chi connectivity index (χ3n) is 4.52. The highest BCUT2D eigenvalue weighted by atomic mass is 35.5. The van der Waals surface area contributed by atoms with Crippen molar-refractivity contribution >= 4 is 32.5 Å². The van der Waals surface area contributed by atoms with Gasteiger partial charge in [-0.05, 0) is 42.5 Å². The fourth-order valence-electron chi connectivity index (χ4n) is 2.98. The number of nitrogens with one attached hydrogen (secondary N) is 1. The van der Waals surface area contributed by atoms with Gasteiger partial charge in [0, 0.05) is 5.39 Å². The summed E-state index contributed by atoms with van der Waals surface area (Å²) in [5.41, 5.74) is 1.76. The minimum Gasteiger partial charge on any atom is -0.454 e. The number of ether oxygens (including phenoxy) is 1. The third kappa shape index (κ3) is 4.67. The van der Waals surface area contributed by atoms with Crippen LogP contribution in [-0.2, 0) is 16.6 Å². The van der Waals surface area contributed by atoms with E-state index < -0.39 is 10.0 Å². The van der Waals surface area contributed by atoms with Gasteiger partial charge in [-0.2, -0.15) is 5.26 Å². The molecule has 0 spiro atoms. The molecule has 1 aromatic heterocycles. The van der Waals surface area contributed by atoms with E-state index in [0.29, 0.717) is 11.3 Å². The van der Waals surface area contributed by atoms with Gasteiger partial charge in [0.05, 0.1) is 34.4 Å². The summed E-state index contributed by atoms with van der Waals surface area (Å²) >= 11 is 6.16. The first-order valence-electron chi connectivity index (χ1n) is 9.27. The number of halogens is 1. The molecule has 4 rings (SSSR count). The number of pyridine rings is 1. The van der Waals surface area contributed by atoms with Crippen LogP contribution in [0.2, 0.25) is 5.02 Å². The van der Waals surface area contributed by atoms with Crippen LogP contribution in [0.15, 0.2) is 83.8 Å². The largest absolute Gasteiger partial charge is 0.454 e. The Morgan fingerprint density at radius 1 is 0.968 bits per heavy atom. The maximum absolute atomic E-state index is 13.0. The van der Waals surface area contributed by atoms with Crippen molar-refractivity contribution < 1.29 is 13.2 Å². The second-order valence-electron chi connectivity index (χ2n) is 6.63. The van der Waals surface area contributed by atoms with E-state index in [-0.39, 0.29) is 28.0 Å². The SMILES string of the molecule is N#Cc1ccc(Oc2ccccc2S(=O)(=O)NCc2ccc3ccccc3n2)c(Cl)c1. The standard InChI is InChI=1S/C23H16ClN3O3S/c24-19-13-16(14-25)9-12-21(19)30-22-7-3-4-8-23(22)31(28,29)26-15-18-11-10-17-5-1-2-6-20(17)27-18/h1-13,26H,15H2. The summed E-state index contributed by atoms with van der Waals surface area (Å²) in [6.45, 7) is 0.0269. The molecule has 1 N–H and O–H groups in total. The topological polar surface area (TPSA) is 92.1 Å². The molecule has 8 heteroatoms. The lowest BCUT2D eigenvalue weighted by Crippen LogP contribution is -2.24. The third-order valence-corrected chi connectivity index (χ3v) is 6.26. The van der Waals surface area contributed by atoms with Crippen LogP contribution in [0.25, 0.3) is 10.9 Å². The van der Waals surface area contributed by atoms with Crippen molar-refractivity contribution in [2.45, 2.75) is 11.4 Å². The molecule has 31 heavy (non-hydrogen) atoms. The summed E-state index contributed by atoms with van der Waals surface area (Å²) in [5, 5.41) is 10.1. The molecule has 154 valence electrons. The smallest absolute Gasteiger partial charge is 0.244 e. The zero-order chi connectivity index (χ0) is 21.8. The van der Waals surface area contributed by atoms with E-state index in [4.69, 9.17) is 21.6 Å². The average molecular weight is 450 g/mol. The van der Waals surface area contributed by atoms with Gasteiger partial charge in [-0.15, -0.1) is 0 Å². The Labute approximate surface area is 184 Å². The molecule has 3 aromatic carbocycles. The van der Waals surface area contributed by atoms with Crippen LogP contribution in [0.5, 0.6) is 11.5 Å². The minimum atomic E-state index is -3.90. The van der Waals surface area contributed by atoms with Gasteiger partial charge in [-0.1, -0.05) is 48.0 Å². The van der Waals surface area contributed by atoms with Crippen LogP contribution in [0.4, 0.5) is 0 Å². The minimum absolute atomic E-state index is 0.0269. The van der Waals surface area contributed by atoms with Gasteiger partial charge in [-0.25, -0.2) is 13.1 Å². The van der Waals surface area contributed by atoms with Gasteiger partial charge in [0.25, 0.3) is 0 Å². The van der Waals surface area contributed by atoms with Crippen molar-refractivity contribution in [1.82, 2.24) is 9.71 Å². The zero-order valence-corrected chi connectivity index (χ0v) is 17.7. The molecule has 1 heterocycles. The first-order valence-corrected chi connectivity index (χ1v) is 11.1. The Balaban J connectivity index is 1.57. The molecule has 0 fully saturated rings. The number of para-hydroxylation sites is 2. The molecular formula is C23H16ClN3O3S. The van der Waals surface area contributed by atoms with Crippen molar-refractivity contribution in [3.8, 4) is 17.6 Å². The number of hydrogen-bond acceptors (Lipinski definition) is 5. The van der Waals surface area contributed by atoms with Crippen molar-refractivity contribution in [3.63, 3.8) is 0 Å². The monoisotopic (exact) mass is 449 g/mol. The van der Waals surface area contributed by atoms with Crippen molar-refractivity contribution in [1.29, 1.82) is 5.26 Å². The van der Waals surface area contributed by atoms with Crippen LogP contribution in [0, 0.1) is 11.3 Å². The van der Waals surface area contributed by atoms with Crippen molar-refractivity contribution in [3.05, 3.63) is 95.1 Å². The number of benzene rings is 3. The zero-order valence-electron chi connectivity index (χ0n) is 16.1. The lowest BCUT2D eigenvalue weighted by molar-refractivity contribution is 0.466. The molecule has 0 bridgehead atoms. The summed E-state index contributed by atoms with van der Waals surface area (Å²) < 4.78 is 34.3. The van der Waals surface area contributed by atoms with Gasteiger partial charge in [0.2, 0.25) is 10.0 Å². The first kappa shape index (κ1) is 20.8. The van der Waals surface area contributed by atoms with E-state index in [0.717, 1.165) is 10.9 Å². The van der Waals surface area contributed by atoms with E-state index in [1.54, 1.807) is 24.3 Å². The van der Waals surface area contributed by atoms with E-state index in [1.807, 2.05) is 36.4 Å². The number of aromatic nitrogens is 1. The normalized spacial score (nSPS) is 11.2. The van der Waals surface area contributed by atoms with Crippen LogP contribution < -0.4 is 9.46 Å². The van der Waals surface area contributed by atoms with Crippen molar-refractivity contribution in [2.75, 3.05) is 0 Å². The van der Waals surface area contributed by atoms with Crippen LogP contribution in [0.3, 0.4) is 0 Å². The molecule has 0 aliphatic heterocycles. The maximum atomic E-state index is 13.0. The highest BCUT2D eigenvalue weighted by molar-refractivity contribution is 7.89. The van der Waals surface area contributed by atoms with Crippen LogP contribution in [0.1, 0.15) is 11.3 Å². The van der Waals surface area contributed by atoms with Crippen LogP contribution >= 0.6 is 11.6 Å². The second kappa shape index (κ2) is 8.74. The number of fused-ring (bicyclic) bond motifs is 1. The highest BCUT2D eigenvalue weighted by Gasteiger charge is 2.20. The fraction of sp³-hybridized carbons (Fsp3) is 0.0435. The average Bonchev–Trinajstić information content (AvgIpc) is 2.79. The number of hydrogen-bond donors (Lipinski definition) is 1. The predicted octanol–water partition coefficient (Wildman–Crippen LogP) is 5.03. The molecule has 0 amide bonds. The summed E-state index contributed by atoms with van der Waals surface area (Å²) in [6.07, 6.45) is 0. The molecule has 0 aliphatic carbocycles. The van der Waals surface area contributed by atoms with Crippen LogP contribution in [-0.4, -0.2) is 13.4 Å². The molecule has 0 saturated carbocycles. The van der Waals surface area contributed by atoms with Gasteiger partial charge < -0.3 is 4.74 Å². The van der Waals surface area contributed by atoms with E-state index in [9.17, 15) is 8.42 Å². The first-order chi connectivity index (χ1) is 15.0. The van der Waals surface area contributed by atoms with E-state index >= 15 is 0 Å². The summed E-state index contributed by atoms with van der Waals surface area (Å²) in [7, 11) is -3.90. The number of nitriles is 1. The molecular weight excluding hydrogens is 434 g/mol. The molecule has 0 atom stereocenters.